The molecule has 1 saturated carbocycles. The van der Waals surface area contributed by atoms with E-state index in [-0.39, 0.29) is 10.8 Å². The molecule has 2 rings (SSSR count). The van der Waals surface area contributed by atoms with Gasteiger partial charge in [0.25, 0.3) is 0 Å². The average molecular weight is 246 g/mol. The molecule has 0 heterocycles. The quantitative estimate of drug-likeness (QED) is 0.743. The van der Waals surface area contributed by atoms with E-state index in [0.717, 1.165) is 6.61 Å². The first-order valence-corrected chi connectivity index (χ1v) is 7.07. The molecule has 0 spiro atoms. The second kappa shape index (κ2) is 5.05. The molecule has 0 atom stereocenters. The fraction of sp³-hybridized carbons (Fsp3) is 0.647. The van der Waals surface area contributed by atoms with Gasteiger partial charge in [0, 0.05) is 0 Å². The first-order valence-electron chi connectivity index (χ1n) is 7.07. The van der Waals surface area contributed by atoms with E-state index >= 15 is 0 Å². The fourth-order valence-corrected chi connectivity index (χ4v) is 3.52. The van der Waals surface area contributed by atoms with E-state index in [9.17, 15) is 0 Å². The van der Waals surface area contributed by atoms with Crippen molar-refractivity contribution in [2.75, 3.05) is 0 Å². The van der Waals surface area contributed by atoms with Crippen LogP contribution in [0.15, 0.2) is 30.3 Å². The summed E-state index contributed by atoms with van der Waals surface area (Å²) < 4.78 is 6.30. The second-order valence-corrected chi connectivity index (χ2v) is 7.01. The summed E-state index contributed by atoms with van der Waals surface area (Å²) in [7, 11) is 0. The van der Waals surface area contributed by atoms with Gasteiger partial charge in [-0.05, 0) is 29.2 Å². The molecule has 0 bridgehead atoms. The molecule has 0 unspecified atom stereocenters. The largest absolute Gasteiger partial charge is 0.372 e. The molecule has 1 fully saturated rings. The Morgan fingerprint density at radius 3 is 2.11 bits per heavy atom. The molecule has 1 aliphatic carbocycles. The third kappa shape index (κ3) is 2.95. The van der Waals surface area contributed by atoms with Crippen LogP contribution in [0, 0.1) is 10.8 Å². The van der Waals surface area contributed by atoms with E-state index in [1.807, 2.05) is 0 Å². The summed E-state index contributed by atoms with van der Waals surface area (Å²) in [5.74, 6) is 0. The van der Waals surface area contributed by atoms with Crippen LogP contribution in [0.25, 0.3) is 0 Å². The molecule has 18 heavy (non-hydrogen) atoms. The maximum Gasteiger partial charge on any atom is 0.0721 e. The summed E-state index contributed by atoms with van der Waals surface area (Å²) in [6, 6.07) is 10.5. The molecule has 0 radical (unpaired) electrons. The number of rotatable bonds is 3. The predicted molar refractivity (Wildman–Crippen MR) is 76.4 cm³/mol. The van der Waals surface area contributed by atoms with Crippen molar-refractivity contribution in [1.82, 2.24) is 0 Å². The summed E-state index contributed by atoms with van der Waals surface area (Å²) in [6.45, 7) is 10.1. The van der Waals surface area contributed by atoms with Gasteiger partial charge in [0.2, 0.25) is 0 Å². The standard InChI is InChI=1S/C17H26O/c1-16(2)11-8-12-17(3,4)15(16)18-13-14-9-6-5-7-10-14/h5-7,9-10,15H,8,11-13H2,1-4H3. The van der Waals surface area contributed by atoms with Gasteiger partial charge in [-0.25, -0.2) is 0 Å². The monoisotopic (exact) mass is 246 g/mol. The van der Waals surface area contributed by atoms with Gasteiger partial charge in [-0.1, -0.05) is 64.4 Å². The van der Waals surface area contributed by atoms with Gasteiger partial charge >= 0.3 is 0 Å². The van der Waals surface area contributed by atoms with Gasteiger partial charge in [-0.2, -0.15) is 0 Å². The smallest absolute Gasteiger partial charge is 0.0721 e. The summed E-state index contributed by atoms with van der Waals surface area (Å²) in [4.78, 5) is 0. The third-order valence-electron chi connectivity index (χ3n) is 4.32. The maximum absolute atomic E-state index is 6.30. The second-order valence-electron chi connectivity index (χ2n) is 7.01. The minimum Gasteiger partial charge on any atom is -0.372 e. The molecule has 0 aliphatic heterocycles. The van der Waals surface area contributed by atoms with Crippen molar-refractivity contribution in [3.63, 3.8) is 0 Å². The third-order valence-corrected chi connectivity index (χ3v) is 4.32. The molecule has 0 saturated heterocycles. The Bertz CT molecular complexity index is 362. The number of hydrogen-bond acceptors (Lipinski definition) is 1. The Hall–Kier alpha value is -0.820. The lowest BCUT2D eigenvalue weighted by molar-refractivity contribution is -0.127. The summed E-state index contributed by atoms with van der Waals surface area (Å²) in [5.41, 5.74) is 1.85. The molecule has 0 aromatic heterocycles. The number of hydrogen-bond donors (Lipinski definition) is 0. The zero-order chi connectivity index (χ0) is 13.2. The normalized spacial score (nSPS) is 22.9. The Morgan fingerprint density at radius 1 is 1.00 bits per heavy atom. The highest BCUT2D eigenvalue weighted by molar-refractivity contribution is 5.13. The van der Waals surface area contributed by atoms with Crippen molar-refractivity contribution in [3.05, 3.63) is 35.9 Å². The lowest BCUT2D eigenvalue weighted by atomic mass is 9.63. The first-order chi connectivity index (χ1) is 8.42. The van der Waals surface area contributed by atoms with E-state index < -0.39 is 0 Å². The summed E-state index contributed by atoms with van der Waals surface area (Å²) in [6.07, 6.45) is 4.22. The Labute approximate surface area is 112 Å². The highest BCUT2D eigenvalue weighted by Gasteiger charge is 2.44. The van der Waals surface area contributed by atoms with E-state index in [2.05, 4.69) is 58.0 Å². The number of benzene rings is 1. The maximum atomic E-state index is 6.30. The van der Waals surface area contributed by atoms with Crippen LogP contribution in [0.2, 0.25) is 0 Å². The van der Waals surface area contributed by atoms with Gasteiger partial charge in [-0.3, -0.25) is 0 Å². The molecule has 1 aromatic carbocycles. The van der Waals surface area contributed by atoms with Gasteiger partial charge in [0.05, 0.1) is 12.7 Å². The summed E-state index contributed by atoms with van der Waals surface area (Å²) >= 11 is 0. The van der Waals surface area contributed by atoms with Crippen molar-refractivity contribution >= 4 is 0 Å². The number of ether oxygens (including phenoxy) is 1. The van der Waals surface area contributed by atoms with E-state index in [1.165, 1.54) is 24.8 Å². The van der Waals surface area contributed by atoms with Gasteiger partial charge in [-0.15, -0.1) is 0 Å². The zero-order valence-electron chi connectivity index (χ0n) is 12.2. The highest BCUT2D eigenvalue weighted by Crippen LogP contribution is 2.47. The molecule has 1 aliphatic rings. The minimum atomic E-state index is 0.288. The molecular weight excluding hydrogens is 220 g/mol. The molecule has 1 aromatic rings. The topological polar surface area (TPSA) is 9.23 Å². The molecule has 0 N–H and O–H groups in total. The lowest BCUT2D eigenvalue weighted by Gasteiger charge is -2.48. The highest BCUT2D eigenvalue weighted by atomic mass is 16.5. The SMILES string of the molecule is CC1(C)CCCC(C)(C)C1OCc1ccccc1. The van der Waals surface area contributed by atoms with E-state index in [0.29, 0.717) is 6.10 Å². The predicted octanol–water partition coefficient (Wildman–Crippen LogP) is 4.81. The van der Waals surface area contributed by atoms with Crippen LogP contribution in [0.4, 0.5) is 0 Å². The van der Waals surface area contributed by atoms with Crippen molar-refractivity contribution in [2.45, 2.75) is 59.7 Å². The Morgan fingerprint density at radius 2 is 1.56 bits per heavy atom. The minimum absolute atomic E-state index is 0.288. The average Bonchev–Trinajstić information content (AvgIpc) is 2.28. The van der Waals surface area contributed by atoms with E-state index in [1.54, 1.807) is 0 Å². The van der Waals surface area contributed by atoms with Crippen LogP contribution < -0.4 is 0 Å². The van der Waals surface area contributed by atoms with Gasteiger partial charge in [0.1, 0.15) is 0 Å². The Kier molecular flexibility index (Phi) is 3.82. The van der Waals surface area contributed by atoms with Crippen molar-refractivity contribution in [3.8, 4) is 0 Å². The summed E-state index contributed by atoms with van der Waals surface area (Å²) in [5, 5.41) is 0. The van der Waals surface area contributed by atoms with Crippen molar-refractivity contribution < 1.29 is 4.74 Å². The van der Waals surface area contributed by atoms with Crippen LogP contribution in [0.5, 0.6) is 0 Å². The van der Waals surface area contributed by atoms with Crippen LogP contribution in [0.3, 0.4) is 0 Å². The van der Waals surface area contributed by atoms with Crippen molar-refractivity contribution in [1.29, 1.82) is 0 Å². The zero-order valence-corrected chi connectivity index (χ0v) is 12.2. The molecular formula is C17H26O. The van der Waals surface area contributed by atoms with Gasteiger partial charge in [0.15, 0.2) is 0 Å². The molecule has 1 nitrogen and oxygen atoms in total. The molecule has 1 heteroatoms. The van der Waals surface area contributed by atoms with E-state index in [4.69, 9.17) is 4.74 Å². The first kappa shape index (κ1) is 13.6. The molecule has 0 amide bonds. The fourth-order valence-electron chi connectivity index (χ4n) is 3.52. The van der Waals surface area contributed by atoms with Crippen LogP contribution in [-0.4, -0.2) is 6.10 Å². The lowest BCUT2D eigenvalue weighted by Crippen LogP contribution is -2.46. The Balaban J connectivity index is 2.05. The van der Waals surface area contributed by atoms with Crippen LogP contribution >= 0.6 is 0 Å². The van der Waals surface area contributed by atoms with Crippen molar-refractivity contribution in [2.24, 2.45) is 10.8 Å². The van der Waals surface area contributed by atoms with Crippen LogP contribution in [0.1, 0.15) is 52.5 Å². The van der Waals surface area contributed by atoms with Crippen LogP contribution in [-0.2, 0) is 11.3 Å². The van der Waals surface area contributed by atoms with Gasteiger partial charge < -0.3 is 4.74 Å². The molecule has 100 valence electrons.